The van der Waals surface area contributed by atoms with E-state index in [-0.39, 0.29) is 6.42 Å². The van der Waals surface area contributed by atoms with Crippen molar-refractivity contribution < 1.29 is 9.90 Å². The SMILES string of the molecule is Cc1nn(-c2cccc(Cl)c2)c(Br)c1CC(=O)O. The molecule has 94 valence electrons. The fourth-order valence-electron chi connectivity index (χ4n) is 1.66. The van der Waals surface area contributed by atoms with E-state index in [1.54, 1.807) is 23.7 Å². The Bertz CT molecular complexity index is 610. The minimum Gasteiger partial charge on any atom is -0.481 e. The van der Waals surface area contributed by atoms with Crippen molar-refractivity contribution in [1.82, 2.24) is 9.78 Å². The lowest BCUT2D eigenvalue weighted by Gasteiger charge is -2.03. The Labute approximate surface area is 117 Å². The number of aliphatic carboxylic acids is 1. The largest absolute Gasteiger partial charge is 0.481 e. The molecule has 0 bridgehead atoms. The zero-order chi connectivity index (χ0) is 13.3. The Morgan fingerprint density at radius 3 is 2.89 bits per heavy atom. The van der Waals surface area contributed by atoms with Crippen LogP contribution in [-0.4, -0.2) is 20.9 Å². The Morgan fingerprint density at radius 1 is 1.56 bits per heavy atom. The van der Waals surface area contributed by atoms with E-state index in [2.05, 4.69) is 21.0 Å². The third-order valence-corrected chi connectivity index (χ3v) is 3.55. The van der Waals surface area contributed by atoms with Gasteiger partial charge in [0, 0.05) is 10.6 Å². The number of carboxylic acids is 1. The van der Waals surface area contributed by atoms with E-state index in [0.717, 1.165) is 5.69 Å². The van der Waals surface area contributed by atoms with Crippen molar-refractivity contribution in [2.24, 2.45) is 0 Å². The molecule has 1 aromatic heterocycles. The van der Waals surface area contributed by atoms with Gasteiger partial charge in [0.15, 0.2) is 0 Å². The van der Waals surface area contributed by atoms with E-state index in [1.165, 1.54) is 0 Å². The van der Waals surface area contributed by atoms with Crippen LogP contribution in [0.4, 0.5) is 0 Å². The van der Waals surface area contributed by atoms with Gasteiger partial charge >= 0.3 is 5.97 Å². The summed E-state index contributed by atoms with van der Waals surface area (Å²) in [5.41, 5.74) is 2.14. The van der Waals surface area contributed by atoms with Crippen LogP contribution in [0.15, 0.2) is 28.9 Å². The number of aromatic nitrogens is 2. The highest BCUT2D eigenvalue weighted by atomic mass is 79.9. The highest BCUT2D eigenvalue weighted by molar-refractivity contribution is 9.10. The molecule has 0 saturated carbocycles. The number of benzene rings is 1. The maximum atomic E-state index is 10.8. The van der Waals surface area contributed by atoms with E-state index in [1.807, 2.05) is 12.1 Å². The van der Waals surface area contributed by atoms with Crippen LogP contribution in [0, 0.1) is 6.92 Å². The molecule has 6 heteroatoms. The summed E-state index contributed by atoms with van der Waals surface area (Å²) in [6.45, 7) is 1.78. The number of aryl methyl sites for hydroxylation is 1. The van der Waals surface area contributed by atoms with E-state index in [4.69, 9.17) is 16.7 Å². The highest BCUT2D eigenvalue weighted by Gasteiger charge is 2.16. The summed E-state index contributed by atoms with van der Waals surface area (Å²) in [5, 5.41) is 13.8. The van der Waals surface area contributed by atoms with Gasteiger partial charge in [-0.1, -0.05) is 17.7 Å². The molecule has 0 saturated heterocycles. The number of hydrogen-bond donors (Lipinski definition) is 1. The first-order valence-electron chi connectivity index (χ1n) is 5.20. The van der Waals surface area contributed by atoms with Gasteiger partial charge in [-0.2, -0.15) is 5.10 Å². The summed E-state index contributed by atoms with van der Waals surface area (Å²) in [5.74, 6) is -0.885. The van der Waals surface area contributed by atoms with Crippen LogP contribution < -0.4 is 0 Å². The van der Waals surface area contributed by atoms with Gasteiger partial charge < -0.3 is 5.11 Å². The molecular weight excluding hydrogens is 320 g/mol. The van der Waals surface area contributed by atoms with Crippen molar-refractivity contribution in [3.05, 3.63) is 45.1 Å². The molecule has 1 heterocycles. The van der Waals surface area contributed by atoms with Crippen molar-refractivity contribution in [3.8, 4) is 5.69 Å². The Morgan fingerprint density at radius 2 is 2.28 bits per heavy atom. The van der Waals surface area contributed by atoms with Crippen LogP contribution >= 0.6 is 27.5 Å². The van der Waals surface area contributed by atoms with Crippen molar-refractivity contribution >= 4 is 33.5 Å². The van der Waals surface area contributed by atoms with Crippen molar-refractivity contribution in [2.45, 2.75) is 13.3 Å². The van der Waals surface area contributed by atoms with Crippen molar-refractivity contribution in [1.29, 1.82) is 0 Å². The zero-order valence-electron chi connectivity index (χ0n) is 9.52. The van der Waals surface area contributed by atoms with Gasteiger partial charge in [0.05, 0.1) is 17.8 Å². The van der Waals surface area contributed by atoms with Crippen molar-refractivity contribution in [2.75, 3.05) is 0 Å². The minimum absolute atomic E-state index is 0.0625. The van der Waals surface area contributed by atoms with Crippen LogP contribution in [0.25, 0.3) is 5.69 Å². The van der Waals surface area contributed by atoms with Crippen molar-refractivity contribution in [3.63, 3.8) is 0 Å². The topological polar surface area (TPSA) is 55.1 Å². The lowest BCUT2D eigenvalue weighted by Crippen LogP contribution is -2.01. The molecule has 0 spiro atoms. The van der Waals surface area contributed by atoms with E-state index in [9.17, 15) is 4.79 Å². The first kappa shape index (κ1) is 13.1. The van der Waals surface area contributed by atoms with E-state index < -0.39 is 5.97 Å². The van der Waals surface area contributed by atoms with Gasteiger partial charge in [-0.05, 0) is 41.1 Å². The third-order valence-electron chi connectivity index (χ3n) is 2.50. The molecule has 0 atom stereocenters. The molecule has 0 unspecified atom stereocenters. The van der Waals surface area contributed by atoms with Crippen LogP contribution in [0.1, 0.15) is 11.3 Å². The summed E-state index contributed by atoms with van der Waals surface area (Å²) in [6, 6.07) is 7.21. The molecule has 4 nitrogen and oxygen atoms in total. The highest BCUT2D eigenvalue weighted by Crippen LogP contribution is 2.25. The Hall–Kier alpha value is -1.33. The quantitative estimate of drug-likeness (QED) is 0.940. The summed E-state index contributed by atoms with van der Waals surface area (Å²) in [7, 11) is 0. The first-order valence-corrected chi connectivity index (χ1v) is 6.38. The van der Waals surface area contributed by atoms with Gasteiger partial charge in [-0.15, -0.1) is 0 Å². The maximum Gasteiger partial charge on any atom is 0.307 e. The smallest absolute Gasteiger partial charge is 0.307 e. The van der Waals surface area contributed by atoms with Gasteiger partial charge in [-0.25, -0.2) is 4.68 Å². The monoisotopic (exact) mass is 328 g/mol. The fourth-order valence-corrected chi connectivity index (χ4v) is 2.56. The average Bonchev–Trinajstić information content (AvgIpc) is 2.56. The average molecular weight is 330 g/mol. The summed E-state index contributed by atoms with van der Waals surface area (Å²) in [4.78, 5) is 10.8. The van der Waals surface area contributed by atoms with Crippen LogP contribution in [0.5, 0.6) is 0 Å². The standard InChI is InChI=1S/C12H10BrClN2O2/c1-7-10(6-11(17)18)12(13)16(15-7)9-4-2-3-8(14)5-9/h2-5H,6H2,1H3,(H,17,18). The maximum absolute atomic E-state index is 10.8. The van der Waals surface area contributed by atoms with E-state index >= 15 is 0 Å². The molecule has 18 heavy (non-hydrogen) atoms. The summed E-state index contributed by atoms with van der Waals surface area (Å²) < 4.78 is 2.28. The Kier molecular flexibility index (Phi) is 3.73. The second-order valence-electron chi connectivity index (χ2n) is 3.82. The molecular formula is C12H10BrClN2O2. The molecule has 0 fully saturated rings. The lowest BCUT2D eigenvalue weighted by atomic mass is 10.2. The second kappa shape index (κ2) is 5.12. The summed E-state index contributed by atoms with van der Waals surface area (Å²) in [6.07, 6.45) is -0.0625. The Balaban J connectivity index is 2.50. The third kappa shape index (κ3) is 2.57. The molecule has 2 aromatic rings. The van der Waals surface area contributed by atoms with Crippen LogP contribution in [-0.2, 0) is 11.2 Å². The van der Waals surface area contributed by atoms with E-state index in [0.29, 0.717) is 20.9 Å². The molecule has 0 aliphatic carbocycles. The fraction of sp³-hybridized carbons (Fsp3) is 0.167. The van der Waals surface area contributed by atoms with Gasteiger partial charge in [0.2, 0.25) is 0 Å². The number of hydrogen-bond acceptors (Lipinski definition) is 2. The normalized spacial score (nSPS) is 10.6. The van der Waals surface area contributed by atoms with Gasteiger partial charge in [-0.3, -0.25) is 4.79 Å². The predicted molar refractivity (Wildman–Crippen MR) is 72.4 cm³/mol. The number of carbonyl (C=O) groups is 1. The molecule has 0 aliphatic heterocycles. The predicted octanol–water partition coefficient (Wildman–Crippen LogP) is 3.22. The second-order valence-corrected chi connectivity index (χ2v) is 5.00. The molecule has 0 aliphatic rings. The van der Waals surface area contributed by atoms with Crippen LogP contribution in [0.2, 0.25) is 5.02 Å². The summed E-state index contributed by atoms with van der Waals surface area (Å²) >= 11 is 9.31. The molecule has 1 N–H and O–H groups in total. The number of carboxylic acid groups (broad SMARTS) is 1. The number of nitrogens with zero attached hydrogens (tertiary/aromatic N) is 2. The molecule has 0 amide bonds. The molecule has 0 radical (unpaired) electrons. The first-order chi connectivity index (χ1) is 8.49. The lowest BCUT2D eigenvalue weighted by molar-refractivity contribution is -0.136. The van der Waals surface area contributed by atoms with Crippen LogP contribution in [0.3, 0.4) is 0 Å². The molecule has 2 rings (SSSR count). The minimum atomic E-state index is -0.885. The zero-order valence-corrected chi connectivity index (χ0v) is 11.9. The van der Waals surface area contributed by atoms with Gasteiger partial charge in [0.1, 0.15) is 4.60 Å². The molecule has 1 aromatic carbocycles. The van der Waals surface area contributed by atoms with Gasteiger partial charge in [0.25, 0.3) is 0 Å². The number of halogens is 2. The number of rotatable bonds is 3.